The summed E-state index contributed by atoms with van der Waals surface area (Å²) in [5.74, 6) is -2.11. The van der Waals surface area contributed by atoms with Crippen molar-refractivity contribution in [3.63, 3.8) is 0 Å². The molecule has 1 amide bonds. The molecule has 0 bridgehead atoms. The normalized spacial score (nSPS) is 11.3. The van der Waals surface area contributed by atoms with Gasteiger partial charge in [0.1, 0.15) is 18.7 Å². The first kappa shape index (κ1) is 14.0. The van der Waals surface area contributed by atoms with Gasteiger partial charge in [-0.15, -0.1) is 0 Å². The van der Waals surface area contributed by atoms with Gasteiger partial charge in [-0.25, -0.2) is 4.79 Å². The maximum Gasteiger partial charge on any atom is 0.405 e. The number of nitrogens with one attached hydrogen (secondary N) is 1. The quantitative estimate of drug-likeness (QED) is 0.833. The minimum atomic E-state index is -4.49. The molecule has 0 aliphatic rings. The maximum absolute atomic E-state index is 11.8. The second-order valence-corrected chi connectivity index (χ2v) is 3.50. The Morgan fingerprint density at radius 2 is 2.11 bits per heavy atom. The minimum Gasteiger partial charge on any atom is -0.478 e. The second-order valence-electron chi connectivity index (χ2n) is 3.50. The van der Waals surface area contributed by atoms with Crippen LogP contribution in [0.4, 0.5) is 13.2 Å². The van der Waals surface area contributed by atoms with Crippen LogP contribution in [0.5, 0.6) is 0 Å². The van der Waals surface area contributed by atoms with Crippen LogP contribution >= 0.6 is 0 Å². The maximum atomic E-state index is 11.8. The van der Waals surface area contributed by atoms with Gasteiger partial charge in [0.15, 0.2) is 0 Å². The monoisotopic (exact) mass is 265 g/mol. The van der Waals surface area contributed by atoms with Crippen molar-refractivity contribution in [3.8, 4) is 0 Å². The largest absolute Gasteiger partial charge is 0.478 e. The Morgan fingerprint density at radius 3 is 2.56 bits per heavy atom. The molecule has 18 heavy (non-hydrogen) atoms. The second kappa shape index (κ2) is 5.07. The first-order valence-electron chi connectivity index (χ1n) is 4.80. The van der Waals surface area contributed by atoms with Gasteiger partial charge in [0, 0.05) is 0 Å². The fourth-order valence-electron chi connectivity index (χ4n) is 1.21. The zero-order chi connectivity index (χ0) is 13.9. The SMILES string of the molecule is Cc1c(C(=O)O)cnn1CC(=O)NCC(F)(F)F. The van der Waals surface area contributed by atoms with Crippen LogP contribution < -0.4 is 5.32 Å². The van der Waals surface area contributed by atoms with Crippen molar-refractivity contribution in [2.45, 2.75) is 19.6 Å². The molecular formula is C9H10F3N3O3. The molecule has 0 aromatic carbocycles. The molecular weight excluding hydrogens is 255 g/mol. The van der Waals surface area contributed by atoms with Crippen molar-refractivity contribution in [1.82, 2.24) is 15.1 Å². The number of carbonyl (C=O) groups excluding carboxylic acids is 1. The third-order valence-corrected chi connectivity index (χ3v) is 2.11. The number of aromatic nitrogens is 2. The number of amides is 1. The number of carboxylic acid groups (broad SMARTS) is 1. The fourth-order valence-corrected chi connectivity index (χ4v) is 1.21. The molecule has 6 nitrogen and oxygen atoms in total. The Labute approximate surface area is 99.4 Å². The van der Waals surface area contributed by atoms with E-state index in [1.54, 1.807) is 5.32 Å². The number of carbonyl (C=O) groups is 2. The molecule has 0 unspecified atom stereocenters. The van der Waals surface area contributed by atoms with E-state index >= 15 is 0 Å². The zero-order valence-electron chi connectivity index (χ0n) is 9.28. The third kappa shape index (κ3) is 3.75. The number of aromatic carboxylic acids is 1. The Hall–Kier alpha value is -2.06. The van der Waals surface area contributed by atoms with Crippen molar-refractivity contribution in [2.75, 3.05) is 6.54 Å². The highest BCUT2D eigenvalue weighted by Crippen LogP contribution is 2.12. The molecule has 100 valence electrons. The van der Waals surface area contributed by atoms with Gasteiger partial charge < -0.3 is 10.4 Å². The topological polar surface area (TPSA) is 84.2 Å². The fraction of sp³-hybridized carbons (Fsp3) is 0.444. The lowest BCUT2D eigenvalue weighted by Crippen LogP contribution is -2.36. The molecule has 0 atom stereocenters. The van der Waals surface area contributed by atoms with E-state index in [-0.39, 0.29) is 11.3 Å². The molecule has 0 spiro atoms. The van der Waals surface area contributed by atoms with Crippen LogP contribution in [0.3, 0.4) is 0 Å². The molecule has 0 radical (unpaired) electrons. The molecule has 1 rings (SSSR count). The van der Waals surface area contributed by atoms with Crippen LogP contribution in [-0.2, 0) is 11.3 Å². The van der Waals surface area contributed by atoms with E-state index in [0.717, 1.165) is 10.9 Å². The molecule has 0 aliphatic heterocycles. The number of hydrogen-bond donors (Lipinski definition) is 2. The number of hydrogen-bond acceptors (Lipinski definition) is 3. The minimum absolute atomic E-state index is 0.0985. The van der Waals surface area contributed by atoms with E-state index < -0.39 is 31.1 Å². The molecule has 0 saturated heterocycles. The number of carboxylic acids is 1. The van der Waals surface area contributed by atoms with E-state index in [1.165, 1.54) is 6.92 Å². The summed E-state index contributed by atoms with van der Waals surface area (Å²) >= 11 is 0. The standard InChI is InChI=1S/C9H10F3N3O3/c1-5-6(8(17)18)2-14-15(5)3-7(16)13-4-9(10,11)12/h2H,3-4H2,1H3,(H,13,16)(H,17,18). The summed E-state index contributed by atoms with van der Waals surface area (Å²) in [6.07, 6.45) is -3.45. The Bertz CT molecular complexity index is 467. The predicted molar refractivity (Wildman–Crippen MR) is 53.0 cm³/mol. The summed E-state index contributed by atoms with van der Waals surface area (Å²) in [5.41, 5.74) is 0.100. The van der Waals surface area contributed by atoms with E-state index in [2.05, 4.69) is 5.10 Å². The Balaban J connectivity index is 2.63. The number of nitrogens with zero attached hydrogens (tertiary/aromatic N) is 2. The Morgan fingerprint density at radius 1 is 1.50 bits per heavy atom. The first-order chi connectivity index (χ1) is 8.20. The van der Waals surface area contributed by atoms with Gasteiger partial charge >= 0.3 is 12.1 Å². The third-order valence-electron chi connectivity index (χ3n) is 2.11. The summed E-state index contributed by atoms with van der Waals surface area (Å²) in [4.78, 5) is 21.8. The summed E-state index contributed by atoms with van der Waals surface area (Å²) in [7, 11) is 0. The molecule has 0 saturated carbocycles. The van der Waals surface area contributed by atoms with Crippen LogP contribution in [-0.4, -0.2) is 39.5 Å². The van der Waals surface area contributed by atoms with Gasteiger partial charge in [0.05, 0.1) is 11.9 Å². The van der Waals surface area contributed by atoms with Crippen molar-refractivity contribution < 1.29 is 27.9 Å². The molecule has 1 heterocycles. The molecule has 1 aromatic rings. The highest BCUT2D eigenvalue weighted by Gasteiger charge is 2.27. The van der Waals surface area contributed by atoms with Gasteiger partial charge in [0.2, 0.25) is 5.91 Å². The van der Waals surface area contributed by atoms with Gasteiger partial charge in [-0.1, -0.05) is 0 Å². The molecule has 0 fully saturated rings. The van der Waals surface area contributed by atoms with Gasteiger partial charge in [0.25, 0.3) is 0 Å². The van der Waals surface area contributed by atoms with E-state index in [4.69, 9.17) is 5.11 Å². The van der Waals surface area contributed by atoms with Crippen LogP contribution in [0.25, 0.3) is 0 Å². The van der Waals surface area contributed by atoms with Crippen LogP contribution in [0.2, 0.25) is 0 Å². The summed E-state index contributed by atoms with van der Waals surface area (Å²) in [6, 6.07) is 0. The van der Waals surface area contributed by atoms with Gasteiger partial charge in [-0.05, 0) is 6.92 Å². The predicted octanol–water partition coefficient (Wildman–Crippen LogP) is 0.568. The molecule has 1 aromatic heterocycles. The van der Waals surface area contributed by atoms with E-state index in [1.807, 2.05) is 0 Å². The molecule has 9 heteroatoms. The average molecular weight is 265 g/mol. The van der Waals surface area contributed by atoms with Gasteiger partial charge in [-0.3, -0.25) is 9.48 Å². The molecule has 0 aliphatic carbocycles. The molecule has 2 N–H and O–H groups in total. The van der Waals surface area contributed by atoms with Crippen LogP contribution in [0.1, 0.15) is 16.1 Å². The van der Waals surface area contributed by atoms with Gasteiger partial charge in [-0.2, -0.15) is 18.3 Å². The average Bonchev–Trinajstić information content (AvgIpc) is 2.57. The van der Waals surface area contributed by atoms with E-state index in [9.17, 15) is 22.8 Å². The van der Waals surface area contributed by atoms with Crippen molar-refractivity contribution >= 4 is 11.9 Å². The summed E-state index contributed by atoms with van der Waals surface area (Å²) in [6.45, 7) is -0.485. The van der Waals surface area contributed by atoms with Crippen molar-refractivity contribution in [1.29, 1.82) is 0 Å². The number of halogens is 3. The van der Waals surface area contributed by atoms with Crippen LogP contribution in [0.15, 0.2) is 6.20 Å². The Kier molecular flexibility index (Phi) is 3.94. The number of alkyl halides is 3. The highest BCUT2D eigenvalue weighted by atomic mass is 19.4. The number of rotatable bonds is 4. The van der Waals surface area contributed by atoms with Crippen molar-refractivity contribution in [2.24, 2.45) is 0 Å². The van der Waals surface area contributed by atoms with E-state index in [0.29, 0.717) is 0 Å². The smallest absolute Gasteiger partial charge is 0.405 e. The van der Waals surface area contributed by atoms with Crippen LogP contribution in [0, 0.1) is 6.92 Å². The van der Waals surface area contributed by atoms with Crippen molar-refractivity contribution in [3.05, 3.63) is 17.5 Å². The zero-order valence-corrected chi connectivity index (χ0v) is 9.28. The first-order valence-corrected chi connectivity index (χ1v) is 4.80. The lowest BCUT2D eigenvalue weighted by Gasteiger charge is -2.09. The highest BCUT2D eigenvalue weighted by molar-refractivity contribution is 5.88. The summed E-state index contributed by atoms with van der Waals surface area (Å²) in [5, 5.41) is 14.0. The summed E-state index contributed by atoms with van der Waals surface area (Å²) < 4.78 is 36.5. The lowest BCUT2D eigenvalue weighted by atomic mass is 10.3. The lowest BCUT2D eigenvalue weighted by molar-refractivity contribution is -0.138.